The van der Waals surface area contributed by atoms with Crippen molar-refractivity contribution in [1.82, 2.24) is 0 Å². The van der Waals surface area contributed by atoms with Gasteiger partial charge in [-0.25, -0.2) is 4.79 Å². The lowest BCUT2D eigenvalue weighted by molar-refractivity contribution is -0.122. The van der Waals surface area contributed by atoms with Gasteiger partial charge in [-0.15, -0.1) is 11.3 Å². The molecule has 0 saturated heterocycles. The Morgan fingerprint density at radius 1 is 1.11 bits per heavy atom. The molecular weight excluding hydrogens is 512 g/mol. The first-order valence-corrected chi connectivity index (χ1v) is 13.4. The lowest BCUT2D eigenvalue weighted by Gasteiger charge is -2.18. The van der Waals surface area contributed by atoms with E-state index in [0.717, 1.165) is 29.7 Å². The summed E-state index contributed by atoms with van der Waals surface area (Å²) in [6, 6.07) is 13.4. The summed E-state index contributed by atoms with van der Waals surface area (Å²) in [6.07, 6.45) is 1.89. The second-order valence-electron chi connectivity index (χ2n) is 8.98. The van der Waals surface area contributed by atoms with Crippen LogP contribution in [0.5, 0.6) is 5.75 Å². The zero-order chi connectivity index (χ0) is 26.5. The van der Waals surface area contributed by atoms with Gasteiger partial charge in [0.25, 0.3) is 11.8 Å². The van der Waals surface area contributed by atoms with Crippen LogP contribution in [0.4, 0.5) is 10.7 Å². The van der Waals surface area contributed by atoms with Crippen LogP contribution in [0.2, 0.25) is 5.02 Å². The minimum atomic E-state index is -0.789. The number of hydrogen-bond donors (Lipinski definition) is 2. The highest BCUT2D eigenvalue weighted by Gasteiger charge is 2.29. The van der Waals surface area contributed by atoms with Gasteiger partial charge in [0.1, 0.15) is 10.8 Å². The minimum Gasteiger partial charge on any atom is -0.481 e. The molecule has 0 unspecified atom stereocenters. The molecule has 0 radical (unpaired) electrons. The molecule has 7 nitrogen and oxygen atoms in total. The summed E-state index contributed by atoms with van der Waals surface area (Å²) in [5, 5.41) is 6.60. The van der Waals surface area contributed by atoms with E-state index in [4.69, 9.17) is 21.1 Å². The van der Waals surface area contributed by atoms with Gasteiger partial charge in [0.15, 0.2) is 6.10 Å². The van der Waals surface area contributed by atoms with Gasteiger partial charge < -0.3 is 20.1 Å². The van der Waals surface area contributed by atoms with Crippen LogP contribution in [0.1, 0.15) is 58.3 Å². The van der Waals surface area contributed by atoms with Crippen LogP contribution in [0.3, 0.4) is 0 Å². The number of nitrogens with one attached hydrogen (secondary N) is 2. The molecule has 1 aliphatic carbocycles. The molecule has 1 heterocycles. The highest BCUT2D eigenvalue weighted by atomic mass is 35.5. The third-order valence-corrected chi connectivity index (χ3v) is 7.65. The molecule has 0 fully saturated rings. The van der Waals surface area contributed by atoms with Crippen molar-refractivity contribution in [3.63, 3.8) is 0 Å². The largest absolute Gasteiger partial charge is 0.481 e. The third-order valence-electron chi connectivity index (χ3n) is 6.15. The SMILES string of the molecule is CCOC(=O)c1c(NC(=O)c2ccc(O[C@@H](C)C(=O)Nc3ccccc3Cl)cc2)sc2c1CC[C@@H](C)C2. The van der Waals surface area contributed by atoms with Crippen LogP contribution < -0.4 is 15.4 Å². The topological polar surface area (TPSA) is 93.7 Å². The second kappa shape index (κ2) is 11.8. The Hall–Kier alpha value is -3.36. The van der Waals surface area contributed by atoms with Crippen molar-refractivity contribution in [2.24, 2.45) is 5.92 Å². The molecule has 2 atom stereocenters. The molecule has 2 aromatic carbocycles. The first-order valence-electron chi connectivity index (χ1n) is 12.2. The number of benzene rings is 2. The molecule has 0 bridgehead atoms. The third kappa shape index (κ3) is 6.32. The molecule has 37 heavy (non-hydrogen) atoms. The number of halogens is 1. The van der Waals surface area contributed by atoms with Crippen LogP contribution in [-0.2, 0) is 22.4 Å². The number of carbonyl (C=O) groups is 3. The van der Waals surface area contributed by atoms with E-state index in [1.54, 1.807) is 62.4 Å². The van der Waals surface area contributed by atoms with Crippen molar-refractivity contribution in [1.29, 1.82) is 0 Å². The molecule has 1 aliphatic rings. The van der Waals surface area contributed by atoms with E-state index in [-0.39, 0.29) is 18.4 Å². The fourth-order valence-corrected chi connectivity index (χ4v) is 5.75. The molecule has 0 spiro atoms. The maximum atomic E-state index is 13.0. The number of fused-ring (bicyclic) bond motifs is 1. The zero-order valence-corrected chi connectivity index (χ0v) is 22.5. The van der Waals surface area contributed by atoms with Crippen molar-refractivity contribution in [2.45, 2.75) is 46.1 Å². The standard InChI is InChI=1S/C28H29ClN2O5S/c1-4-35-28(34)24-20-14-9-16(2)15-23(20)37-27(24)31-26(33)18-10-12-19(13-11-18)36-17(3)25(32)30-22-8-6-5-7-21(22)29/h5-8,10-13,16-17H,4,9,14-15H2,1-3H3,(H,30,32)(H,31,33)/t16-,17+/m1/s1. The monoisotopic (exact) mass is 540 g/mol. The number of rotatable bonds is 8. The fraction of sp³-hybridized carbons (Fsp3) is 0.321. The molecule has 3 aromatic rings. The van der Waals surface area contributed by atoms with Crippen molar-refractivity contribution in [2.75, 3.05) is 17.2 Å². The second-order valence-corrected chi connectivity index (χ2v) is 10.5. The average molecular weight is 541 g/mol. The van der Waals surface area contributed by atoms with E-state index < -0.39 is 12.1 Å². The van der Waals surface area contributed by atoms with Gasteiger partial charge >= 0.3 is 5.97 Å². The summed E-state index contributed by atoms with van der Waals surface area (Å²) in [5.41, 5.74) is 2.36. The van der Waals surface area contributed by atoms with Gasteiger partial charge in [-0.3, -0.25) is 9.59 Å². The smallest absolute Gasteiger partial charge is 0.341 e. The first kappa shape index (κ1) is 26.7. The Balaban J connectivity index is 1.43. The van der Waals surface area contributed by atoms with Crippen LogP contribution in [-0.4, -0.2) is 30.5 Å². The van der Waals surface area contributed by atoms with E-state index in [1.807, 2.05) is 0 Å². The maximum Gasteiger partial charge on any atom is 0.341 e. The Morgan fingerprint density at radius 3 is 2.54 bits per heavy atom. The summed E-state index contributed by atoms with van der Waals surface area (Å²) >= 11 is 7.55. The number of esters is 1. The van der Waals surface area contributed by atoms with Gasteiger partial charge in [-0.1, -0.05) is 30.7 Å². The summed E-state index contributed by atoms with van der Waals surface area (Å²) < 4.78 is 11.0. The van der Waals surface area contributed by atoms with Gasteiger partial charge in [0.05, 0.1) is 22.9 Å². The number of hydrogen-bond acceptors (Lipinski definition) is 6. The average Bonchev–Trinajstić information content (AvgIpc) is 3.22. The van der Waals surface area contributed by atoms with Crippen molar-refractivity contribution >= 4 is 51.4 Å². The van der Waals surface area contributed by atoms with Gasteiger partial charge in [-0.05, 0) is 81.0 Å². The van der Waals surface area contributed by atoms with Crippen molar-refractivity contribution in [3.8, 4) is 5.75 Å². The Morgan fingerprint density at radius 2 is 1.84 bits per heavy atom. The lowest BCUT2D eigenvalue weighted by Crippen LogP contribution is -2.30. The Bertz CT molecular complexity index is 1300. The molecule has 2 N–H and O–H groups in total. The van der Waals surface area contributed by atoms with E-state index in [2.05, 4.69) is 17.6 Å². The fourth-order valence-electron chi connectivity index (χ4n) is 4.17. The quantitative estimate of drug-likeness (QED) is 0.324. The molecule has 2 amide bonds. The van der Waals surface area contributed by atoms with Crippen molar-refractivity contribution < 1.29 is 23.9 Å². The number of para-hydroxylation sites is 1. The van der Waals surface area contributed by atoms with Crippen LogP contribution >= 0.6 is 22.9 Å². The van der Waals surface area contributed by atoms with E-state index >= 15 is 0 Å². The van der Waals surface area contributed by atoms with E-state index in [9.17, 15) is 14.4 Å². The molecule has 0 saturated carbocycles. The number of ether oxygens (including phenoxy) is 2. The minimum absolute atomic E-state index is 0.267. The number of amides is 2. The summed E-state index contributed by atoms with van der Waals surface area (Å²) in [5.74, 6) is -0.124. The number of carbonyl (C=O) groups excluding carboxylic acids is 3. The molecule has 9 heteroatoms. The molecule has 4 rings (SSSR count). The Kier molecular flexibility index (Phi) is 8.51. The predicted molar refractivity (Wildman–Crippen MR) is 146 cm³/mol. The molecule has 0 aliphatic heterocycles. The van der Waals surface area contributed by atoms with E-state index in [1.165, 1.54) is 11.3 Å². The van der Waals surface area contributed by atoms with Gasteiger partial charge in [-0.2, -0.15) is 0 Å². The van der Waals surface area contributed by atoms with Crippen LogP contribution in [0.15, 0.2) is 48.5 Å². The number of anilines is 2. The predicted octanol–water partition coefficient (Wildman–Crippen LogP) is 6.36. The van der Waals surface area contributed by atoms with Gasteiger partial charge in [0.2, 0.25) is 0 Å². The Labute approximate surface area is 225 Å². The van der Waals surface area contributed by atoms with E-state index in [0.29, 0.717) is 38.5 Å². The van der Waals surface area contributed by atoms with Crippen molar-refractivity contribution in [3.05, 3.63) is 75.1 Å². The summed E-state index contributed by atoms with van der Waals surface area (Å²) in [4.78, 5) is 39.4. The highest BCUT2D eigenvalue weighted by Crippen LogP contribution is 2.40. The molecule has 1 aromatic heterocycles. The zero-order valence-electron chi connectivity index (χ0n) is 20.9. The number of thiophene rings is 1. The maximum absolute atomic E-state index is 13.0. The highest BCUT2D eigenvalue weighted by molar-refractivity contribution is 7.17. The normalized spacial score (nSPS) is 15.3. The summed E-state index contributed by atoms with van der Waals surface area (Å²) in [7, 11) is 0. The van der Waals surface area contributed by atoms with Crippen LogP contribution in [0, 0.1) is 5.92 Å². The molecular formula is C28H29ClN2O5S. The molecule has 194 valence electrons. The van der Waals surface area contributed by atoms with Crippen LogP contribution in [0.25, 0.3) is 0 Å². The first-order chi connectivity index (χ1) is 17.8. The summed E-state index contributed by atoms with van der Waals surface area (Å²) in [6.45, 7) is 5.85. The lowest BCUT2D eigenvalue weighted by atomic mass is 9.88. The van der Waals surface area contributed by atoms with Gasteiger partial charge in [0, 0.05) is 10.4 Å².